The molecule has 1 saturated heterocycles. The molecule has 1 N–H and O–H groups in total. The lowest BCUT2D eigenvalue weighted by atomic mass is 9.97. The minimum atomic E-state index is -3.60. The van der Waals surface area contributed by atoms with Crippen molar-refractivity contribution in [2.75, 3.05) is 26.8 Å². The highest BCUT2D eigenvalue weighted by Gasteiger charge is 2.32. The van der Waals surface area contributed by atoms with Gasteiger partial charge in [0.15, 0.2) is 0 Å². The van der Waals surface area contributed by atoms with Crippen LogP contribution >= 0.6 is 0 Å². The van der Waals surface area contributed by atoms with Gasteiger partial charge in [0.2, 0.25) is 15.9 Å². The van der Waals surface area contributed by atoms with E-state index in [4.69, 9.17) is 10.00 Å². The fourth-order valence-corrected chi connectivity index (χ4v) is 4.33. The summed E-state index contributed by atoms with van der Waals surface area (Å²) in [4.78, 5) is 12.4. The summed E-state index contributed by atoms with van der Waals surface area (Å²) in [6, 6.07) is 7.76. The first-order valence-corrected chi connectivity index (χ1v) is 9.62. The summed E-state index contributed by atoms with van der Waals surface area (Å²) in [6.07, 6.45) is 0.974. The van der Waals surface area contributed by atoms with E-state index in [1.165, 1.54) is 28.6 Å². The van der Waals surface area contributed by atoms with Crippen LogP contribution in [0.25, 0.3) is 0 Å². The molecule has 1 aliphatic heterocycles. The van der Waals surface area contributed by atoms with Crippen molar-refractivity contribution < 1.29 is 17.9 Å². The zero-order valence-corrected chi connectivity index (χ0v) is 15.3. The Kier molecular flexibility index (Phi) is 6.53. The molecular weight excluding hydrogens is 342 g/mol. The summed E-state index contributed by atoms with van der Waals surface area (Å²) >= 11 is 0. The number of methoxy groups -OCH3 is 1. The van der Waals surface area contributed by atoms with Crippen molar-refractivity contribution >= 4 is 15.9 Å². The van der Waals surface area contributed by atoms with Crippen LogP contribution in [-0.4, -0.2) is 51.5 Å². The molecule has 0 aliphatic carbocycles. The SMILES string of the molecule is COCC(C)NC(=O)C1CCN(S(=O)(=O)c2ccc(C#N)cc2)CC1. The van der Waals surface area contributed by atoms with Gasteiger partial charge >= 0.3 is 0 Å². The average Bonchev–Trinajstić information content (AvgIpc) is 2.62. The van der Waals surface area contributed by atoms with Gasteiger partial charge in [0.25, 0.3) is 0 Å². The quantitative estimate of drug-likeness (QED) is 0.814. The van der Waals surface area contributed by atoms with Gasteiger partial charge in [0.1, 0.15) is 0 Å². The third-order valence-electron chi connectivity index (χ3n) is 4.25. The number of nitrogens with one attached hydrogen (secondary N) is 1. The van der Waals surface area contributed by atoms with E-state index in [1.807, 2.05) is 13.0 Å². The second kappa shape index (κ2) is 8.43. The molecule has 0 bridgehead atoms. The molecule has 8 heteroatoms. The number of benzene rings is 1. The number of nitrogens with zero attached hydrogens (tertiary/aromatic N) is 2. The maximum atomic E-state index is 12.7. The van der Waals surface area contributed by atoms with E-state index in [2.05, 4.69) is 5.32 Å². The number of rotatable bonds is 6. The molecule has 1 amide bonds. The first kappa shape index (κ1) is 19.4. The van der Waals surface area contributed by atoms with E-state index >= 15 is 0 Å². The summed E-state index contributed by atoms with van der Waals surface area (Å²) in [6.45, 7) is 2.92. The Bertz CT molecular complexity index is 732. The maximum Gasteiger partial charge on any atom is 0.243 e. The van der Waals surface area contributed by atoms with Crippen LogP contribution in [0.5, 0.6) is 0 Å². The molecule has 7 nitrogen and oxygen atoms in total. The third-order valence-corrected chi connectivity index (χ3v) is 6.16. The number of nitriles is 1. The van der Waals surface area contributed by atoms with Crippen LogP contribution in [0.4, 0.5) is 0 Å². The third kappa shape index (κ3) is 4.78. The van der Waals surface area contributed by atoms with Crippen LogP contribution in [0.1, 0.15) is 25.3 Å². The second-order valence-corrected chi connectivity index (χ2v) is 8.12. The number of carbonyl (C=O) groups excluding carboxylic acids is 1. The van der Waals surface area contributed by atoms with Crippen LogP contribution in [0.15, 0.2) is 29.2 Å². The number of hydrogen-bond donors (Lipinski definition) is 1. The second-order valence-electron chi connectivity index (χ2n) is 6.18. The molecule has 0 radical (unpaired) electrons. The summed E-state index contributed by atoms with van der Waals surface area (Å²) in [5.41, 5.74) is 0.416. The number of ether oxygens (including phenoxy) is 1. The van der Waals surface area contributed by atoms with E-state index in [-0.39, 0.29) is 22.8 Å². The minimum absolute atomic E-state index is 0.0556. The summed E-state index contributed by atoms with van der Waals surface area (Å²) in [5.74, 6) is -0.244. The van der Waals surface area contributed by atoms with Crippen LogP contribution in [0.2, 0.25) is 0 Å². The van der Waals surface area contributed by atoms with E-state index in [0.717, 1.165) is 0 Å². The van der Waals surface area contributed by atoms with E-state index in [1.54, 1.807) is 7.11 Å². The van der Waals surface area contributed by atoms with Crippen molar-refractivity contribution in [1.29, 1.82) is 5.26 Å². The van der Waals surface area contributed by atoms with Gasteiger partial charge < -0.3 is 10.1 Å². The molecule has 1 aromatic rings. The Morgan fingerprint density at radius 3 is 2.48 bits per heavy atom. The van der Waals surface area contributed by atoms with Crippen LogP contribution < -0.4 is 5.32 Å². The Balaban J connectivity index is 1.96. The largest absolute Gasteiger partial charge is 0.383 e. The molecule has 0 aromatic heterocycles. The summed E-state index contributed by atoms with van der Waals surface area (Å²) in [7, 11) is -2.02. The number of carbonyl (C=O) groups is 1. The van der Waals surface area contributed by atoms with Crippen LogP contribution in [0.3, 0.4) is 0 Å². The minimum Gasteiger partial charge on any atom is -0.383 e. The standard InChI is InChI=1S/C17H23N3O4S/c1-13(12-24-2)19-17(21)15-7-9-20(10-8-15)25(22,23)16-5-3-14(11-18)4-6-16/h3-6,13,15H,7-10,12H2,1-2H3,(H,19,21). The van der Waals surface area contributed by atoms with Crippen molar-refractivity contribution in [1.82, 2.24) is 9.62 Å². The lowest BCUT2D eigenvalue weighted by molar-refractivity contribution is -0.127. The van der Waals surface area contributed by atoms with Gasteiger partial charge in [-0.3, -0.25) is 4.79 Å². The van der Waals surface area contributed by atoms with Crippen LogP contribution in [0, 0.1) is 17.2 Å². The lowest BCUT2D eigenvalue weighted by Crippen LogP contribution is -2.45. The van der Waals surface area contributed by atoms with Crippen LogP contribution in [-0.2, 0) is 19.6 Å². The van der Waals surface area contributed by atoms with Crippen molar-refractivity contribution in [3.05, 3.63) is 29.8 Å². The summed E-state index contributed by atoms with van der Waals surface area (Å²) < 4.78 is 31.7. The molecule has 25 heavy (non-hydrogen) atoms. The van der Waals surface area contributed by atoms with Gasteiger partial charge in [0, 0.05) is 32.2 Å². The van der Waals surface area contributed by atoms with Crippen molar-refractivity contribution in [2.45, 2.75) is 30.7 Å². The van der Waals surface area contributed by atoms with E-state index in [9.17, 15) is 13.2 Å². The molecule has 1 aromatic carbocycles. The number of sulfonamides is 1. The van der Waals surface area contributed by atoms with E-state index in [0.29, 0.717) is 38.1 Å². The highest BCUT2D eigenvalue weighted by Crippen LogP contribution is 2.24. The molecule has 1 aliphatic rings. The smallest absolute Gasteiger partial charge is 0.243 e. The van der Waals surface area contributed by atoms with Gasteiger partial charge in [0.05, 0.1) is 23.1 Å². The zero-order chi connectivity index (χ0) is 18.4. The number of piperidine rings is 1. The lowest BCUT2D eigenvalue weighted by Gasteiger charge is -2.31. The molecule has 2 rings (SSSR count). The van der Waals surface area contributed by atoms with E-state index < -0.39 is 10.0 Å². The Labute approximate surface area is 148 Å². The highest BCUT2D eigenvalue weighted by atomic mass is 32.2. The fourth-order valence-electron chi connectivity index (χ4n) is 2.86. The molecule has 0 saturated carbocycles. The first-order chi connectivity index (χ1) is 11.9. The maximum absolute atomic E-state index is 12.7. The molecule has 0 spiro atoms. The normalized spacial score (nSPS) is 17.6. The molecule has 1 fully saturated rings. The molecule has 1 heterocycles. The van der Waals surface area contributed by atoms with Gasteiger partial charge in [-0.2, -0.15) is 9.57 Å². The van der Waals surface area contributed by atoms with Gasteiger partial charge in [-0.15, -0.1) is 0 Å². The predicted molar refractivity (Wildman–Crippen MR) is 92.1 cm³/mol. The van der Waals surface area contributed by atoms with Crippen molar-refractivity contribution in [3.63, 3.8) is 0 Å². The Morgan fingerprint density at radius 2 is 1.96 bits per heavy atom. The first-order valence-electron chi connectivity index (χ1n) is 8.18. The monoisotopic (exact) mass is 365 g/mol. The topological polar surface area (TPSA) is 99.5 Å². The molecular formula is C17H23N3O4S. The van der Waals surface area contributed by atoms with Crippen molar-refractivity contribution in [2.24, 2.45) is 5.92 Å². The average molecular weight is 365 g/mol. The van der Waals surface area contributed by atoms with Gasteiger partial charge in [-0.25, -0.2) is 8.42 Å². The Morgan fingerprint density at radius 1 is 1.36 bits per heavy atom. The van der Waals surface area contributed by atoms with Gasteiger partial charge in [-0.05, 0) is 44.0 Å². The molecule has 1 atom stereocenters. The fraction of sp³-hybridized carbons (Fsp3) is 0.529. The highest BCUT2D eigenvalue weighted by molar-refractivity contribution is 7.89. The molecule has 1 unspecified atom stereocenters. The van der Waals surface area contributed by atoms with Gasteiger partial charge in [-0.1, -0.05) is 0 Å². The Hall–Kier alpha value is -1.95. The summed E-state index contributed by atoms with van der Waals surface area (Å²) in [5, 5.41) is 11.7. The van der Waals surface area contributed by atoms with Crippen molar-refractivity contribution in [3.8, 4) is 6.07 Å². The number of hydrogen-bond acceptors (Lipinski definition) is 5. The number of amides is 1. The molecule has 136 valence electrons. The zero-order valence-electron chi connectivity index (χ0n) is 14.4. The predicted octanol–water partition coefficient (Wildman–Crippen LogP) is 1.11.